The molecule has 1 amide bonds. The van der Waals surface area contributed by atoms with Gasteiger partial charge in [-0.2, -0.15) is 0 Å². The Hall–Kier alpha value is -1.35. The molecule has 0 aromatic heterocycles. The van der Waals surface area contributed by atoms with E-state index in [1.54, 1.807) is 0 Å². The lowest BCUT2D eigenvalue weighted by Crippen LogP contribution is -2.32. The predicted octanol–water partition coefficient (Wildman–Crippen LogP) is 2.40. The summed E-state index contributed by atoms with van der Waals surface area (Å²) in [7, 11) is 0. The lowest BCUT2D eigenvalue weighted by molar-refractivity contribution is -0.120. The first kappa shape index (κ1) is 13.6. The fourth-order valence-corrected chi connectivity index (χ4v) is 3.18. The Morgan fingerprint density at radius 1 is 1.20 bits per heavy atom. The van der Waals surface area contributed by atoms with Crippen molar-refractivity contribution >= 4 is 5.91 Å². The summed E-state index contributed by atoms with van der Waals surface area (Å²) in [6, 6.07) is 6.53. The molecule has 1 N–H and O–H groups in total. The molecule has 1 fully saturated rings. The van der Waals surface area contributed by atoms with Gasteiger partial charge in [0.1, 0.15) is 0 Å². The zero-order valence-corrected chi connectivity index (χ0v) is 12.0. The molecule has 1 unspecified atom stereocenters. The fourth-order valence-electron chi connectivity index (χ4n) is 3.18. The highest BCUT2D eigenvalue weighted by Gasteiger charge is 2.16. The molecule has 20 heavy (non-hydrogen) atoms. The highest BCUT2D eigenvalue weighted by atomic mass is 16.5. The van der Waals surface area contributed by atoms with Crippen molar-refractivity contribution in [2.75, 3.05) is 13.2 Å². The number of fused-ring (bicyclic) bond motifs is 1. The Morgan fingerprint density at radius 2 is 2.05 bits per heavy atom. The van der Waals surface area contributed by atoms with E-state index in [1.165, 1.54) is 36.8 Å². The second kappa shape index (κ2) is 6.40. The van der Waals surface area contributed by atoms with Crippen LogP contribution in [0.25, 0.3) is 0 Å². The summed E-state index contributed by atoms with van der Waals surface area (Å²) in [6.45, 7) is 1.50. The normalized spacial score (nSPS) is 21.5. The third-order valence-electron chi connectivity index (χ3n) is 4.33. The number of rotatable bonds is 4. The van der Waals surface area contributed by atoms with E-state index in [1.807, 2.05) is 0 Å². The topological polar surface area (TPSA) is 38.3 Å². The molecule has 108 valence electrons. The quantitative estimate of drug-likeness (QED) is 0.915. The molecule has 3 nitrogen and oxygen atoms in total. The molecule has 0 spiro atoms. The minimum absolute atomic E-state index is 0.108. The van der Waals surface area contributed by atoms with Crippen molar-refractivity contribution in [2.45, 2.75) is 51.0 Å². The van der Waals surface area contributed by atoms with Crippen molar-refractivity contribution in [1.82, 2.24) is 5.32 Å². The maximum atomic E-state index is 12.0. The molecule has 1 aromatic rings. The van der Waals surface area contributed by atoms with Crippen LogP contribution < -0.4 is 5.32 Å². The monoisotopic (exact) mass is 273 g/mol. The second-order valence-electron chi connectivity index (χ2n) is 5.93. The van der Waals surface area contributed by atoms with Crippen LogP contribution in [-0.4, -0.2) is 25.2 Å². The number of hydrogen-bond donors (Lipinski definition) is 1. The van der Waals surface area contributed by atoms with E-state index in [4.69, 9.17) is 4.74 Å². The number of aryl methyl sites for hydroxylation is 2. The van der Waals surface area contributed by atoms with Gasteiger partial charge >= 0.3 is 0 Å². The first-order valence-electron chi connectivity index (χ1n) is 7.80. The maximum absolute atomic E-state index is 12.0. The molecule has 3 rings (SSSR count). The number of carbonyl (C=O) groups is 1. The van der Waals surface area contributed by atoms with E-state index in [9.17, 15) is 4.79 Å². The number of hydrogen-bond acceptors (Lipinski definition) is 2. The van der Waals surface area contributed by atoms with Gasteiger partial charge in [0.05, 0.1) is 12.5 Å². The van der Waals surface area contributed by atoms with Crippen molar-refractivity contribution in [2.24, 2.45) is 0 Å². The zero-order chi connectivity index (χ0) is 13.8. The van der Waals surface area contributed by atoms with Crippen molar-refractivity contribution in [3.8, 4) is 0 Å². The lowest BCUT2D eigenvalue weighted by Gasteiger charge is -2.16. The summed E-state index contributed by atoms with van der Waals surface area (Å²) in [5.41, 5.74) is 4.05. The van der Waals surface area contributed by atoms with E-state index in [0.717, 1.165) is 25.0 Å². The second-order valence-corrected chi connectivity index (χ2v) is 5.93. The molecule has 3 heteroatoms. The number of benzene rings is 1. The van der Waals surface area contributed by atoms with Gasteiger partial charge in [-0.05, 0) is 55.2 Å². The minimum atomic E-state index is 0.108. The van der Waals surface area contributed by atoms with Crippen molar-refractivity contribution in [1.29, 1.82) is 0 Å². The molecule has 1 saturated heterocycles. The molecule has 0 radical (unpaired) electrons. The average Bonchev–Trinajstić information content (AvgIpc) is 2.98. The number of ether oxygens (including phenoxy) is 1. The van der Waals surface area contributed by atoms with Gasteiger partial charge < -0.3 is 10.1 Å². The minimum Gasteiger partial charge on any atom is -0.376 e. The van der Waals surface area contributed by atoms with Crippen LogP contribution in [-0.2, 0) is 28.8 Å². The van der Waals surface area contributed by atoms with Gasteiger partial charge in [0.25, 0.3) is 0 Å². The van der Waals surface area contributed by atoms with E-state index >= 15 is 0 Å². The zero-order valence-electron chi connectivity index (χ0n) is 12.0. The molecule has 0 saturated carbocycles. The molecule has 1 heterocycles. The third kappa shape index (κ3) is 3.40. The average molecular weight is 273 g/mol. The van der Waals surface area contributed by atoms with E-state index < -0.39 is 0 Å². The van der Waals surface area contributed by atoms with Crippen LogP contribution in [0.5, 0.6) is 0 Å². The van der Waals surface area contributed by atoms with Crippen LogP contribution in [0.4, 0.5) is 0 Å². The Morgan fingerprint density at radius 3 is 2.85 bits per heavy atom. The Balaban J connectivity index is 1.52. The fraction of sp³-hybridized carbons (Fsp3) is 0.588. The molecule has 1 aliphatic heterocycles. The smallest absolute Gasteiger partial charge is 0.224 e. The van der Waals surface area contributed by atoms with Gasteiger partial charge in [-0.3, -0.25) is 4.79 Å². The Bertz CT molecular complexity index is 478. The summed E-state index contributed by atoms with van der Waals surface area (Å²) >= 11 is 0. The van der Waals surface area contributed by atoms with Crippen molar-refractivity contribution < 1.29 is 9.53 Å². The SMILES string of the molecule is O=C(Cc1ccc2c(c1)CCCC2)NCC1CCCO1. The number of nitrogens with one attached hydrogen (secondary N) is 1. The lowest BCUT2D eigenvalue weighted by atomic mass is 9.90. The largest absolute Gasteiger partial charge is 0.376 e. The van der Waals surface area contributed by atoms with Crippen LogP contribution in [0.1, 0.15) is 42.4 Å². The molecule has 1 atom stereocenters. The van der Waals surface area contributed by atoms with Crippen molar-refractivity contribution in [3.05, 3.63) is 34.9 Å². The van der Waals surface area contributed by atoms with Crippen LogP contribution in [0.2, 0.25) is 0 Å². The highest BCUT2D eigenvalue weighted by Crippen LogP contribution is 2.22. The van der Waals surface area contributed by atoms with E-state index in [2.05, 4.69) is 23.5 Å². The molecule has 2 aliphatic rings. The van der Waals surface area contributed by atoms with E-state index in [-0.39, 0.29) is 12.0 Å². The Kier molecular flexibility index (Phi) is 4.36. The van der Waals surface area contributed by atoms with Gasteiger partial charge in [0, 0.05) is 13.2 Å². The Labute approximate surface area is 120 Å². The molecule has 1 aliphatic carbocycles. The predicted molar refractivity (Wildman–Crippen MR) is 78.8 cm³/mol. The number of carbonyl (C=O) groups excluding carboxylic acids is 1. The molecule has 0 bridgehead atoms. The van der Waals surface area contributed by atoms with Gasteiger partial charge in [0.15, 0.2) is 0 Å². The van der Waals surface area contributed by atoms with Gasteiger partial charge in [-0.1, -0.05) is 18.2 Å². The van der Waals surface area contributed by atoms with Crippen molar-refractivity contribution in [3.63, 3.8) is 0 Å². The summed E-state index contributed by atoms with van der Waals surface area (Å²) in [5, 5.41) is 2.99. The first-order chi connectivity index (χ1) is 9.81. The molecular weight excluding hydrogens is 250 g/mol. The standard InChI is InChI=1S/C17H23NO2/c19-17(18-12-16-6-3-9-20-16)11-13-7-8-14-4-1-2-5-15(14)10-13/h7-8,10,16H,1-6,9,11-12H2,(H,18,19). The third-order valence-corrected chi connectivity index (χ3v) is 4.33. The first-order valence-corrected chi connectivity index (χ1v) is 7.80. The summed E-state index contributed by atoms with van der Waals surface area (Å²) in [5.74, 6) is 0.108. The van der Waals surface area contributed by atoms with Crippen LogP contribution in [0, 0.1) is 0 Å². The summed E-state index contributed by atoms with van der Waals surface area (Å²) in [4.78, 5) is 12.0. The van der Waals surface area contributed by atoms with Crippen LogP contribution >= 0.6 is 0 Å². The maximum Gasteiger partial charge on any atom is 0.224 e. The van der Waals surface area contributed by atoms with Crippen LogP contribution in [0.15, 0.2) is 18.2 Å². The molecular formula is C17H23NO2. The van der Waals surface area contributed by atoms with Gasteiger partial charge in [-0.15, -0.1) is 0 Å². The van der Waals surface area contributed by atoms with Crippen LogP contribution in [0.3, 0.4) is 0 Å². The van der Waals surface area contributed by atoms with Gasteiger partial charge in [0.2, 0.25) is 5.91 Å². The van der Waals surface area contributed by atoms with E-state index in [0.29, 0.717) is 13.0 Å². The summed E-state index contributed by atoms with van der Waals surface area (Å²) < 4.78 is 5.51. The highest BCUT2D eigenvalue weighted by molar-refractivity contribution is 5.78. The number of amides is 1. The summed E-state index contributed by atoms with van der Waals surface area (Å²) in [6.07, 6.45) is 7.84. The van der Waals surface area contributed by atoms with Gasteiger partial charge in [-0.25, -0.2) is 0 Å². The molecule has 1 aromatic carbocycles.